The summed E-state index contributed by atoms with van der Waals surface area (Å²) in [5, 5.41) is 7.76. The van der Waals surface area contributed by atoms with Crippen molar-refractivity contribution in [3.8, 4) is 11.3 Å². The number of nitrogens with zero attached hydrogens (tertiary/aromatic N) is 3. The minimum atomic E-state index is -0.439. The number of hydrogen-bond acceptors (Lipinski definition) is 5. The molecular formula is C19H12Cl2N4O3. The molecule has 0 unspecified atom stereocenters. The fourth-order valence-electron chi connectivity index (χ4n) is 2.70. The molecule has 4 aromatic rings. The Morgan fingerprint density at radius 3 is 2.61 bits per heavy atom. The zero-order valence-electron chi connectivity index (χ0n) is 14.2. The van der Waals surface area contributed by atoms with Crippen molar-refractivity contribution in [1.82, 2.24) is 14.7 Å². The highest BCUT2D eigenvalue weighted by molar-refractivity contribution is 6.33. The summed E-state index contributed by atoms with van der Waals surface area (Å²) >= 11 is 11.9. The highest BCUT2D eigenvalue weighted by Crippen LogP contribution is 2.25. The predicted octanol–water partition coefficient (Wildman–Crippen LogP) is 4.00. The van der Waals surface area contributed by atoms with Gasteiger partial charge in [0.1, 0.15) is 24.0 Å². The number of amides is 1. The van der Waals surface area contributed by atoms with Crippen LogP contribution < -0.4 is 10.9 Å². The summed E-state index contributed by atoms with van der Waals surface area (Å²) in [7, 11) is 0. The number of fused-ring (bicyclic) bond motifs is 1. The van der Waals surface area contributed by atoms with E-state index in [2.05, 4.69) is 15.5 Å². The van der Waals surface area contributed by atoms with E-state index in [1.807, 2.05) is 0 Å². The Morgan fingerprint density at radius 1 is 1.11 bits per heavy atom. The number of benzene rings is 2. The molecule has 1 amide bonds. The van der Waals surface area contributed by atoms with Gasteiger partial charge in [-0.25, -0.2) is 4.98 Å². The van der Waals surface area contributed by atoms with E-state index < -0.39 is 11.5 Å². The smallest absolute Gasteiger partial charge is 0.267 e. The van der Waals surface area contributed by atoms with E-state index in [0.29, 0.717) is 27.0 Å². The lowest BCUT2D eigenvalue weighted by Crippen LogP contribution is -2.27. The van der Waals surface area contributed by atoms with Crippen LogP contribution in [0, 0.1) is 0 Å². The van der Waals surface area contributed by atoms with Crippen LogP contribution in [-0.2, 0) is 11.3 Å². The van der Waals surface area contributed by atoms with Gasteiger partial charge in [-0.2, -0.15) is 0 Å². The first-order valence-electron chi connectivity index (χ1n) is 8.18. The lowest BCUT2D eigenvalue weighted by Gasteiger charge is -2.08. The SMILES string of the molecule is O=C(Cn1cnc2onc(-c3ccc(Cl)cc3)c2c1=O)Nc1ccccc1Cl. The van der Waals surface area contributed by atoms with Crippen molar-refractivity contribution in [2.75, 3.05) is 5.32 Å². The van der Waals surface area contributed by atoms with E-state index in [1.165, 1.54) is 10.9 Å². The Balaban J connectivity index is 1.67. The van der Waals surface area contributed by atoms with E-state index in [4.69, 9.17) is 27.7 Å². The average Bonchev–Trinajstić information content (AvgIpc) is 3.11. The van der Waals surface area contributed by atoms with Crippen molar-refractivity contribution in [2.45, 2.75) is 6.54 Å². The molecule has 140 valence electrons. The van der Waals surface area contributed by atoms with Gasteiger partial charge < -0.3 is 9.84 Å². The Kier molecular flexibility index (Phi) is 4.85. The maximum Gasteiger partial charge on any atom is 0.267 e. The Labute approximate surface area is 168 Å². The Morgan fingerprint density at radius 2 is 1.86 bits per heavy atom. The molecule has 1 N–H and O–H groups in total. The first-order chi connectivity index (χ1) is 13.5. The van der Waals surface area contributed by atoms with Crippen molar-refractivity contribution in [3.05, 3.63) is 75.3 Å². The topological polar surface area (TPSA) is 90.0 Å². The molecule has 9 heteroatoms. The molecule has 0 aliphatic heterocycles. The van der Waals surface area contributed by atoms with Crippen LogP contribution in [0.2, 0.25) is 10.0 Å². The molecule has 0 saturated carbocycles. The number of hydrogen-bond donors (Lipinski definition) is 1. The molecule has 0 saturated heterocycles. The number of halogens is 2. The third-order valence-electron chi connectivity index (χ3n) is 4.04. The molecule has 28 heavy (non-hydrogen) atoms. The summed E-state index contributed by atoms with van der Waals surface area (Å²) in [6.45, 7) is -0.238. The quantitative estimate of drug-likeness (QED) is 0.544. The van der Waals surface area contributed by atoms with Crippen LogP contribution in [0.5, 0.6) is 0 Å². The number of para-hydroxylation sites is 1. The number of carbonyl (C=O) groups excluding carboxylic acids is 1. The van der Waals surface area contributed by atoms with Gasteiger partial charge in [-0.3, -0.25) is 14.2 Å². The van der Waals surface area contributed by atoms with Crippen LogP contribution >= 0.6 is 23.2 Å². The van der Waals surface area contributed by atoms with Crippen molar-refractivity contribution >= 4 is 45.9 Å². The van der Waals surface area contributed by atoms with Crippen LogP contribution in [0.1, 0.15) is 0 Å². The van der Waals surface area contributed by atoms with Gasteiger partial charge in [-0.15, -0.1) is 0 Å². The minimum absolute atomic E-state index is 0.0951. The molecular weight excluding hydrogens is 403 g/mol. The molecule has 0 aliphatic carbocycles. The van der Waals surface area contributed by atoms with Crippen molar-refractivity contribution in [2.24, 2.45) is 0 Å². The number of rotatable bonds is 4. The monoisotopic (exact) mass is 414 g/mol. The zero-order chi connectivity index (χ0) is 19.7. The van der Waals surface area contributed by atoms with Crippen molar-refractivity contribution in [3.63, 3.8) is 0 Å². The molecule has 2 aromatic heterocycles. The summed E-state index contributed by atoms with van der Waals surface area (Å²) in [6, 6.07) is 13.6. The second-order valence-electron chi connectivity index (χ2n) is 5.92. The molecule has 2 heterocycles. The van der Waals surface area contributed by atoms with Gasteiger partial charge in [-0.05, 0) is 24.3 Å². The third kappa shape index (κ3) is 3.49. The third-order valence-corrected chi connectivity index (χ3v) is 4.62. The molecule has 0 fully saturated rings. The first kappa shape index (κ1) is 18.2. The van der Waals surface area contributed by atoms with Crippen LogP contribution in [-0.4, -0.2) is 20.6 Å². The minimum Gasteiger partial charge on any atom is -0.335 e. The molecule has 2 aromatic carbocycles. The number of carbonyl (C=O) groups is 1. The van der Waals surface area contributed by atoms with E-state index in [-0.39, 0.29) is 17.6 Å². The number of nitrogens with one attached hydrogen (secondary N) is 1. The predicted molar refractivity (Wildman–Crippen MR) is 107 cm³/mol. The molecule has 0 bridgehead atoms. The average molecular weight is 415 g/mol. The summed E-state index contributed by atoms with van der Waals surface area (Å²) in [6.07, 6.45) is 1.24. The number of anilines is 1. The molecule has 0 aliphatic rings. The summed E-state index contributed by atoms with van der Waals surface area (Å²) in [4.78, 5) is 29.3. The van der Waals surface area contributed by atoms with E-state index >= 15 is 0 Å². The molecule has 0 radical (unpaired) electrons. The van der Waals surface area contributed by atoms with Gasteiger partial charge in [0.2, 0.25) is 5.91 Å². The highest BCUT2D eigenvalue weighted by Gasteiger charge is 2.18. The van der Waals surface area contributed by atoms with Gasteiger partial charge >= 0.3 is 0 Å². The van der Waals surface area contributed by atoms with Crippen LogP contribution in [0.15, 0.2) is 64.2 Å². The highest BCUT2D eigenvalue weighted by atomic mass is 35.5. The molecule has 0 spiro atoms. The van der Waals surface area contributed by atoms with E-state index in [9.17, 15) is 9.59 Å². The van der Waals surface area contributed by atoms with E-state index in [0.717, 1.165) is 0 Å². The molecule has 7 nitrogen and oxygen atoms in total. The van der Waals surface area contributed by atoms with Gasteiger partial charge in [0.05, 0.1) is 10.7 Å². The fourth-order valence-corrected chi connectivity index (χ4v) is 3.01. The van der Waals surface area contributed by atoms with Crippen LogP contribution in [0.3, 0.4) is 0 Å². The van der Waals surface area contributed by atoms with Gasteiger partial charge in [0.25, 0.3) is 11.3 Å². The maximum absolute atomic E-state index is 12.9. The normalized spacial score (nSPS) is 10.9. The van der Waals surface area contributed by atoms with Gasteiger partial charge in [0.15, 0.2) is 0 Å². The van der Waals surface area contributed by atoms with Crippen molar-refractivity contribution in [1.29, 1.82) is 0 Å². The second kappa shape index (κ2) is 7.46. The fraction of sp³-hybridized carbons (Fsp3) is 0.0526. The van der Waals surface area contributed by atoms with Gasteiger partial charge in [-0.1, -0.05) is 52.6 Å². The maximum atomic E-state index is 12.9. The summed E-state index contributed by atoms with van der Waals surface area (Å²) in [5.41, 5.74) is 1.11. The summed E-state index contributed by atoms with van der Waals surface area (Å²) < 4.78 is 6.35. The Hall–Kier alpha value is -3.16. The van der Waals surface area contributed by atoms with Crippen LogP contribution in [0.4, 0.5) is 5.69 Å². The molecule has 0 atom stereocenters. The zero-order valence-corrected chi connectivity index (χ0v) is 15.7. The first-order valence-corrected chi connectivity index (χ1v) is 8.93. The standard InChI is InChI=1S/C19H12Cl2N4O3/c20-12-7-5-11(6-8-12)17-16-18(28-24-17)22-10-25(19(16)27)9-15(26)23-14-4-2-1-3-13(14)21/h1-8,10H,9H2,(H,23,26). The largest absolute Gasteiger partial charge is 0.335 e. The number of aromatic nitrogens is 3. The summed E-state index contributed by atoms with van der Waals surface area (Å²) in [5.74, 6) is -0.416. The Bertz CT molecular complexity index is 1230. The van der Waals surface area contributed by atoms with Crippen molar-refractivity contribution < 1.29 is 9.32 Å². The van der Waals surface area contributed by atoms with Crippen LogP contribution in [0.25, 0.3) is 22.4 Å². The van der Waals surface area contributed by atoms with E-state index in [1.54, 1.807) is 48.5 Å². The van der Waals surface area contributed by atoms with Gasteiger partial charge in [0, 0.05) is 10.6 Å². The lowest BCUT2D eigenvalue weighted by atomic mass is 10.1. The molecule has 4 rings (SSSR count). The second-order valence-corrected chi connectivity index (χ2v) is 6.77. The lowest BCUT2D eigenvalue weighted by molar-refractivity contribution is -0.116.